The number of hydrogen-bond donors (Lipinski definition) is 1. The summed E-state index contributed by atoms with van der Waals surface area (Å²) in [4.78, 5) is 0. The van der Waals surface area contributed by atoms with E-state index < -0.39 is 11.0 Å². The molecule has 2 rings (SSSR count). The van der Waals surface area contributed by atoms with Gasteiger partial charge in [-0.15, -0.1) is 0 Å². The van der Waals surface area contributed by atoms with Gasteiger partial charge in [0.05, 0.1) is 31.3 Å². The highest BCUT2D eigenvalue weighted by atomic mass is 16.5. The molecule has 0 heterocycles. The molecule has 21 heavy (non-hydrogen) atoms. The van der Waals surface area contributed by atoms with Gasteiger partial charge in [0.1, 0.15) is 11.5 Å². The van der Waals surface area contributed by atoms with E-state index in [4.69, 9.17) is 9.47 Å². The summed E-state index contributed by atoms with van der Waals surface area (Å²) in [5.74, 6) is 1.31. The molecule has 1 aromatic carbocycles. The quantitative estimate of drug-likeness (QED) is 0.925. The van der Waals surface area contributed by atoms with Crippen LogP contribution in [0.3, 0.4) is 0 Å². The van der Waals surface area contributed by atoms with Gasteiger partial charge in [-0.2, -0.15) is 5.26 Å². The summed E-state index contributed by atoms with van der Waals surface area (Å²) in [6.07, 6.45) is 1.55. The predicted octanol–water partition coefficient (Wildman–Crippen LogP) is 2.95. The number of benzene rings is 1. The zero-order valence-corrected chi connectivity index (χ0v) is 13.4. The molecule has 0 unspecified atom stereocenters. The molecule has 4 heteroatoms. The summed E-state index contributed by atoms with van der Waals surface area (Å²) in [6.45, 7) is 5.47. The first kappa shape index (κ1) is 15.7. The Labute approximate surface area is 126 Å². The van der Waals surface area contributed by atoms with Crippen LogP contribution in [0.1, 0.15) is 37.8 Å². The topological polar surface area (TPSA) is 62.5 Å². The lowest BCUT2D eigenvalue weighted by Crippen LogP contribution is -2.53. The Hall–Kier alpha value is -1.73. The number of hydrogen-bond acceptors (Lipinski definition) is 4. The number of nitriles is 1. The lowest BCUT2D eigenvalue weighted by atomic mass is 9.52. The molecule has 1 N–H and O–H groups in total. The van der Waals surface area contributed by atoms with Gasteiger partial charge in [-0.1, -0.05) is 0 Å². The second kappa shape index (κ2) is 5.23. The molecule has 0 amide bonds. The molecule has 0 bridgehead atoms. The first-order valence-electron chi connectivity index (χ1n) is 7.17. The standard InChI is InChI=1S/C17H23NO3/c1-11-8-14(21-5)12(9-13(11)20-4)17(10-18)7-6-15(17)16(2,3)19/h8-9,15,19H,6-7H2,1-5H3/t15-,17-/m1/s1. The van der Waals surface area contributed by atoms with Gasteiger partial charge in [0.2, 0.25) is 0 Å². The van der Waals surface area contributed by atoms with Crippen molar-refractivity contribution in [3.63, 3.8) is 0 Å². The van der Waals surface area contributed by atoms with Gasteiger partial charge in [-0.3, -0.25) is 0 Å². The van der Waals surface area contributed by atoms with Crippen LogP contribution in [0.5, 0.6) is 11.5 Å². The second-order valence-electron chi connectivity index (χ2n) is 6.35. The Kier molecular flexibility index (Phi) is 3.90. The normalized spacial score (nSPS) is 24.9. The summed E-state index contributed by atoms with van der Waals surface area (Å²) < 4.78 is 10.9. The van der Waals surface area contributed by atoms with Crippen molar-refractivity contribution >= 4 is 0 Å². The average Bonchev–Trinajstić information content (AvgIpc) is 2.37. The number of aliphatic hydroxyl groups is 1. The van der Waals surface area contributed by atoms with E-state index in [0.29, 0.717) is 5.75 Å². The molecule has 0 spiro atoms. The fraction of sp³-hybridized carbons (Fsp3) is 0.588. The van der Waals surface area contributed by atoms with Crippen LogP contribution in [0, 0.1) is 24.2 Å². The van der Waals surface area contributed by atoms with E-state index in [1.807, 2.05) is 19.1 Å². The minimum Gasteiger partial charge on any atom is -0.496 e. The van der Waals surface area contributed by atoms with Gasteiger partial charge in [-0.25, -0.2) is 0 Å². The van der Waals surface area contributed by atoms with E-state index >= 15 is 0 Å². The molecule has 1 fully saturated rings. The van der Waals surface area contributed by atoms with Gasteiger partial charge < -0.3 is 14.6 Å². The Bertz CT molecular complexity index is 583. The first-order chi connectivity index (χ1) is 9.80. The summed E-state index contributed by atoms with van der Waals surface area (Å²) >= 11 is 0. The van der Waals surface area contributed by atoms with Gasteiger partial charge in [0.25, 0.3) is 0 Å². The zero-order chi connectivity index (χ0) is 15.8. The molecular weight excluding hydrogens is 266 g/mol. The highest BCUT2D eigenvalue weighted by Crippen LogP contribution is 2.55. The molecule has 114 valence electrons. The number of methoxy groups -OCH3 is 2. The van der Waals surface area contributed by atoms with Crippen molar-refractivity contribution < 1.29 is 14.6 Å². The summed E-state index contributed by atoms with van der Waals surface area (Å²) in [5.41, 5.74) is 0.153. The molecule has 0 radical (unpaired) electrons. The third kappa shape index (κ3) is 2.36. The van der Waals surface area contributed by atoms with E-state index in [9.17, 15) is 10.4 Å². The highest BCUT2D eigenvalue weighted by molar-refractivity contribution is 5.53. The van der Waals surface area contributed by atoms with Crippen molar-refractivity contribution in [2.24, 2.45) is 5.92 Å². The maximum absolute atomic E-state index is 10.4. The molecule has 0 aromatic heterocycles. The van der Waals surface area contributed by atoms with Gasteiger partial charge >= 0.3 is 0 Å². The monoisotopic (exact) mass is 289 g/mol. The Morgan fingerprint density at radius 1 is 1.29 bits per heavy atom. The second-order valence-corrected chi connectivity index (χ2v) is 6.35. The maximum atomic E-state index is 10.4. The molecule has 2 atom stereocenters. The Morgan fingerprint density at radius 2 is 1.90 bits per heavy atom. The lowest BCUT2D eigenvalue weighted by Gasteiger charge is -2.50. The van der Waals surface area contributed by atoms with Crippen LogP contribution < -0.4 is 9.47 Å². The Morgan fingerprint density at radius 3 is 2.29 bits per heavy atom. The van der Waals surface area contributed by atoms with Gasteiger partial charge in [-0.05, 0) is 51.3 Å². The smallest absolute Gasteiger partial charge is 0.124 e. The van der Waals surface area contributed by atoms with Crippen molar-refractivity contribution in [2.45, 2.75) is 44.6 Å². The van der Waals surface area contributed by atoms with Crippen LogP contribution in [-0.4, -0.2) is 24.9 Å². The molecule has 1 aliphatic rings. The Balaban J connectivity index is 2.61. The van der Waals surface area contributed by atoms with Crippen LogP contribution in [0.4, 0.5) is 0 Å². The highest BCUT2D eigenvalue weighted by Gasteiger charge is 2.55. The molecule has 1 aromatic rings. The molecule has 1 saturated carbocycles. The van der Waals surface area contributed by atoms with Gasteiger partial charge in [0, 0.05) is 11.5 Å². The van der Waals surface area contributed by atoms with Crippen LogP contribution >= 0.6 is 0 Å². The maximum Gasteiger partial charge on any atom is 0.124 e. The van der Waals surface area contributed by atoms with Crippen LogP contribution in [-0.2, 0) is 5.41 Å². The van der Waals surface area contributed by atoms with Crippen molar-refractivity contribution in [3.05, 3.63) is 23.3 Å². The third-order valence-electron chi connectivity index (χ3n) is 4.67. The first-order valence-corrected chi connectivity index (χ1v) is 7.17. The molecule has 4 nitrogen and oxygen atoms in total. The third-order valence-corrected chi connectivity index (χ3v) is 4.67. The summed E-state index contributed by atoms with van der Waals surface area (Å²) in [7, 11) is 3.22. The van der Waals surface area contributed by atoms with Crippen molar-refractivity contribution in [1.82, 2.24) is 0 Å². The van der Waals surface area contributed by atoms with Gasteiger partial charge in [0.15, 0.2) is 0 Å². The number of rotatable bonds is 4. The largest absolute Gasteiger partial charge is 0.496 e. The van der Waals surface area contributed by atoms with Crippen molar-refractivity contribution in [2.75, 3.05) is 14.2 Å². The predicted molar refractivity (Wildman–Crippen MR) is 80.6 cm³/mol. The van der Waals surface area contributed by atoms with Crippen molar-refractivity contribution in [3.8, 4) is 17.6 Å². The number of ether oxygens (including phenoxy) is 2. The molecule has 0 aliphatic heterocycles. The van der Waals surface area contributed by atoms with Crippen LogP contribution in [0.15, 0.2) is 12.1 Å². The fourth-order valence-electron chi connectivity index (χ4n) is 3.45. The minimum atomic E-state index is -0.906. The summed E-state index contributed by atoms with van der Waals surface area (Å²) in [5, 5.41) is 20.2. The van der Waals surface area contributed by atoms with Crippen LogP contribution in [0.25, 0.3) is 0 Å². The zero-order valence-electron chi connectivity index (χ0n) is 13.4. The lowest BCUT2D eigenvalue weighted by molar-refractivity contribution is -0.0552. The van der Waals surface area contributed by atoms with Crippen molar-refractivity contribution in [1.29, 1.82) is 5.26 Å². The molecular formula is C17H23NO3. The molecule has 1 aliphatic carbocycles. The number of aryl methyl sites for hydroxylation is 1. The average molecular weight is 289 g/mol. The van der Waals surface area contributed by atoms with Crippen LogP contribution in [0.2, 0.25) is 0 Å². The summed E-state index contributed by atoms with van der Waals surface area (Å²) in [6, 6.07) is 6.22. The SMILES string of the molecule is COc1cc([C@]2(C#N)CC[C@@H]2C(C)(C)O)c(OC)cc1C. The van der Waals surface area contributed by atoms with E-state index in [-0.39, 0.29) is 5.92 Å². The molecule has 0 saturated heterocycles. The van der Waals surface area contributed by atoms with E-state index in [1.165, 1.54) is 0 Å². The van der Waals surface area contributed by atoms with E-state index in [1.54, 1.807) is 28.1 Å². The number of nitrogens with zero attached hydrogens (tertiary/aromatic N) is 1. The fourth-order valence-corrected chi connectivity index (χ4v) is 3.45. The van der Waals surface area contributed by atoms with E-state index in [2.05, 4.69) is 6.07 Å². The minimum absolute atomic E-state index is 0.115. The van der Waals surface area contributed by atoms with E-state index in [0.717, 1.165) is 29.7 Å².